The predicted octanol–water partition coefficient (Wildman–Crippen LogP) is 4.81. The van der Waals surface area contributed by atoms with Crippen molar-refractivity contribution in [2.24, 2.45) is 16.6 Å². The van der Waals surface area contributed by atoms with E-state index in [1.807, 2.05) is 32.0 Å². The molecule has 2 heterocycles. The van der Waals surface area contributed by atoms with E-state index < -0.39 is 51.4 Å². The van der Waals surface area contributed by atoms with E-state index in [1.54, 1.807) is 29.2 Å². The first-order chi connectivity index (χ1) is 32.6. The Morgan fingerprint density at radius 3 is 2.16 bits per heavy atom. The van der Waals surface area contributed by atoms with E-state index in [1.165, 1.54) is 10.4 Å². The normalized spacial score (nSPS) is 13.9. The number of fused-ring (bicyclic) bond motifs is 1. The zero-order valence-electron chi connectivity index (χ0n) is 37.9. The monoisotopic (exact) mass is 975 g/mol. The Morgan fingerprint density at radius 2 is 1.49 bits per heavy atom. The van der Waals surface area contributed by atoms with Crippen LogP contribution in [0.4, 0.5) is 28.0 Å². The molecule has 5 N–H and O–H groups in total. The molecule has 1 saturated heterocycles. The number of nitrogens with zero attached hydrogens (tertiary/aromatic N) is 3. The molecule has 370 valence electrons. The van der Waals surface area contributed by atoms with Gasteiger partial charge in [0.1, 0.15) is 5.84 Å². The molecule has 0 unspecified atom stereocenters. The Kier molecular flexibility index (Phi) is 20.3. The van der Waals surface area contributed by atoms with Crippen molar-refractivity contribution in [2.75, 3.05) is 85.5 Å². The zero-order valence-corrected chi connectivity index (χ0v) is 38.7. The fourth-order valence-electron chi connectivity index (χ4n) is 7.04. The maximum atomic E-state index is 13.7. The van der Waals surface area contributed by atoms with Gasteiger partial charge in [0.25, 0.3) is 0 Å². The third-order valence-electron chi connectivity index (χ3n) is 10.6. The van der Waals surface area contributed by atoms with Crippen LogP contribution in [0.2, 0.25) is 0 Å². The van der Waals surface area contributed by atoms with Gasteiger partial charge in [-0.3, -0.25) is 14.4 Å². The zero-order chi connectivity index (χ0) is 49.2. The van der Waals surface area contributed by atoms with Gasteiger partial charge in [-0.2, -0.15) is 13.1 Å². The van der Waals surface area contributed by atoms with Crippen LogP contribution >= 0.6 is 0 Å². The van der Waals surface area contributed by atoms with Crippen molar-refractivity contribution in [3.8, 4) is 16.9 Å². The van der Waals surface area contributed by atoms with Crippen LogP contribution in [0.3, 0.4) is 0 Å². The number of amidine groups is 1. The molecule has 68 heavy (non-hydrogen) atoms. The van der Waals surface area contributed by atoms with Crippen LogP contribution in [0.5, 0.6) is 5.75 Å². The molecule has 0 bridgehead atoms. The molecule has 2 aliphatic rings. The molecular weight excluding hydrogens is 919 g/mol. The molecule has 2 aliphatic heterocycles. The third-order valence-corrected chi connectivity index (χ3v) is 12.4. The second-order valence-corrected chi connectivity index (χ2v) is 17.7. The number of esters is 1. The van der Waals surface area contributed by atoms with E-state index in [0.717, 1.165) is 6.42 Å². The molecule has 0 atom stereocenters. The molecule has 3 aromatic rings. The Labute approximate surface area is 392 Å². The molecule has 22 heteroatoms. The number of halogens is 4. The molecule has 17 nitrogen and oxygen atoms in total. The molecule has 0 aliphatic carbocycles. The van der Waals surface area contributed by atoms with Crippen molar-refractivity contribution in [1.82, 2.24) is 25.2 Å². The molecule has 0 radical (unpaired) electrons. The van der Waals surface area contributed by atoms with Crippen molar-refractivity contribution in [2.45, 2.75) is 50.8 Å². The highest BCUT2D eigenvalue weighted by molar-refractivity contribution is 7.89. The summed E-state index contributed by atoms with van der Waals surface area (Å²) >= 11 is 0. The van der Waals surface area contributed by atoms with Crippen LogP contribution in [-0.2, 0) is 38.6 Å². The van der Waals surface area contributed by atoms with E-state index in [9.17, 15) is 45.2 Å². The van der Waals surface area contributed by atoms with Gasteiger partial charge in [-0.05, 0) is 55.2 Å². The molecule has 5 rings (SSSR count). The Balaban J connectivity index is 0.985. The average Bonchev–Trinajstić information content (AvgIpc) is 3.46. The SMILES string of the molecule is CCCN(CCCNC(=O)NCC)C(=O)C1=Cc2ccc(-c3cccc(S(=O)(=O)N4CC(CNC(=O)CCOCCOCCOCCC(=O)Oc5c(F)c(F)cc(F)c5F)C4)c3)cc2N=C(N)C1. The van der Waals surface area contributed by atoms with Crippen LogP contribution in [0, 0.1) is 29.2 Å². The minimum Gasteiger partial charge on any atom is -0.420 e. The lowest BCUT2D eigenvalue weighted by Crippen LogP contribution is -2.53. The number of hydrogen-bond acceptors (Lipinski definition) is 12. The summed E-state index contributed by atoms with van der Waals surface area (Å²) in [7, 11) is -3.84. The van der Waals surface area contributed by atoms with Crippen molar-refractivity contribution in [1.29, 1.82) is 0 Å². The van der Waals surface area contributed by atoms with Crippen LogP contribution in [-0.4, -0.2) is 133 Å². The van der Waals surface area contributed by atoms with E-state index in [-0.39, 0.29) is 113 Å². The minimum absolute atomic E-state index is 0.00201. The number of carbonyl (C=O) groups excluding carboxylic acids is 4. The highest BCUT2D eigenvalue weighted by Gasteiger charge is 2.37. The van der Waals surface area contributed by atoms with Crippen LogP contribution in [0.25, 0.3) is 17.2 Å². The molecular formula is C46H57F4N7O10S. The fourth-order valence-corrected chi connectivity index (χ4v) is 8.68. The summed E-state index contributed by atoms with van der Waals surface area (Å²) < 4.78 is 103. The number of urea groups is 1. The third kappa shape index (κ3) is 15.3. The summed E-state index contributed by atoms with van der Waals surface area (Å²) in [6, 6.07) is 11.8. The van der Waals surface area contributed by atoms with Crippen LogP contribution < -0.4 is 26.4 Å². The molecule has 0 aromatic heterocycles. The number of sulfonamides is 1. The second-order valence-electron chi connectivity index (χ2n) is 15.8. The van der Waals surface area contributed by atoms with Gasteiger partial charge in [0.15, 0.2) is 11.6 Å². The Morgan fingerprint density at radius 1 is 0.824 bits per heavy atom. The maximum absolute atomic E-state index is 13.7. The highest BCUT2D eigenvalue weighted by atomic mass is 32.2. The minimum atomic E-state index is -3.84. The number of nitrogens with one attached hydrogen (secondary N) is 3. The van der Waals surface area contributed by atoms with Crippen LogP contribution in [0.1, 0.15) is 51.5 Å². The van der Waals surface area contributed by atoms with Crippen molar-refractivity contribution >= 4 is 51.4 Å². The largest absolute Gasteiger partial charge is 0.420 e. The molecule has 0 spiro atoms. The Bertz CT molecular complexity index is 2410. The summed E-state index contributed by atoms with van der Waals surface area (Å²) in [5.74, 6) is -9.91. The number of carbonyl (C=O) groups is 4. The molecule has 0 saturated carbocycles. The van der Waals surface area contributed by atoms with Crippen molar-refractivity contribution < 1.29 is 64.1 Å². The van der Waals surface area contributed by atoms with Crippen molar-refractivity contribution in [3.05, 3.63) is 82.9 Å². The summed E-state index contributed by atoms with van der Waals surface area (Å²) in [6.45, 7) is 6.92. The van der Waals surface area contributed by atoms with Gasteiger partial charge in [0, 0.05) is 81.8 Å². The maximum Gasteiger partial charge on any atom is 0.314 e. The Hall–Kier alpha value is -5.94. The van der Waals surface area contributed by atoms with Gasteiger partial charge in [-0.15, -0.1) is 0 Å². The first-order valence-corrected chi connectivity index (χ1v) is 23.7. The molecule has 4 amide bonds. The van der Waals surface area contributed by atoms with Crippen LogP contribution in [0.15, 0.2) is 64.0 Å². The highest BCUT2D eigenvalue weighted by Crippen LogP contribution is 2.34. The second kappa shape index (κ2) is 26.0. The topological polar surface area (TPSA) is 220 Å². The van der Waals surface area contributed by atoms with E-state index >= 15 is 0 Å². The standard InChI is InChI=1S/C46H57F4N7O10S/c1-3-14-56(15-6-13-53-46(61)52-4-2)45(60)34-22-33-10-9-32(24-38(33)55-39(51)25-34)31-7-5-8-35(23-31)68(62,63)57-28-30(29-57)27-54-40(58)11-16-64-18-20-66-21-19-65-17-12-41(59)67-44-42(49)36(47)26-37(48)43(44)50/h5,7-10,22-24,26,30H,3-4,6,11-21,25,27-29H2,1-2H3,(H2,51,55)(H,54,58)(H2,52,53,61). The van der Waals surface area contributed by atoms with Gasteiger partial charge in [-0.1, -0.05) is 31.2 Å². The lowest BCUT2D eigenvalue weighted by molar-refractivity contribution is -0.136. The predicted molar refractivity (Wildman–Crippen MR) is 243 cm³/mol. The van der Waals surface area contributed by atoms with Crippen molar-refractivity contribution in [3.63, 3.8) is 0 Å². The fraction of sp³-hybridized carbons (Fsp3) is 0.457. The summed E-state index contributed by atoms with van der Waals surface area (Å²) in [5.41, 5.74) is 9.42. The number of nitrogens with two attached hydrogens (primary N) is 1. The number of rotatable bonds is 26. The summed E-state index contributed by atoms with van der Waals surface area (Å²) in [6.07, 6.45) is 2.91. The van der Waals surface area contributed by atoms with Gasteiger partial charge < -0.3 is 45.5 Å². The lowest BCUT2D eigenvalue weighted by Gasteiger charge is -2.38. The summed E-state index contributed by atoms with van der Waals surface area (Å²) in [4.78, 5) is 56.1. The van der Waals surface area contributed by atoms with Gasteiger partial charge >= 0.3 is 12.0 Å². The quantitative estimate of drug-likeness (QED) is 0.0281. The van der Waals surface area contributed by atoms with E-state index in [0.29, 0.717) is 60.6 Å². The number of benzene rings is 3. The number of hydrogen-bond donors (Lipinski definition) is 4. The molecule has 3 aromatic carbocycles. The average molecular weight is 976 g/mol. The lowest BCUT2D eigenvalue weighted by atomic mass is 10.0. The first kappa shape index (κ1) is 53.0. The van der Waals surface area contributed by atoms with Gasteiger partial charge in [0.2, 0.25) is 39.2 Å². The summed E-state index contributed by atoms with van der Waals surface area (Å²) in [5, 5.41) is 8.27. The molecule has 1 fully saturated rings. The van der Waals surface area contributed by atoms with Gasteiger partial charge in [0.05, 0.1) is 56.6 Å². The van der Waals surface area contributed by atoms with Gasteiger partial charge in [-0.25, -0.2) is 27.0 Å². The number of ether oxygens (including phenoxy) is 4. The smallest absolute Gasteiger partial charge is 0.314 e. The number of aliphatic imine (C=N–C) groups is 1. The van der Waals surface area contributed by atoms with E-state index in [4.69, 9.17) is 19.9 Å². The number of amides is 4. The van der Waals surface area contributed by atoms with E-state index in [2.05, 4.69) is 25.7 Å². The first-order valence-electron chi connectivity index (χ1n) is 22.2.